The van der Waals surface area contributed by atoms with E-state index in [1.165, 1.54) is 38.5 Å². The van der Waals surface area contributed by atoms with Crippen LogP contribution >= 0.6 is 7.26 Å². The Kier molecular flexibility index (Phi) is 6.20. The Hall–Kier alpha value is 0.430. The summed E-state index contributed by atoms with van der Waals surface area (Å²) in [7, 11) is -0.840. The molecule has 1 rings (SSSR count). The van der Waals surface area contributed by atoms with Gasteiger partial charge in [0, 0.05) is 0 Å². The molecule has 0 N–H and O–H groups in total. The van der Waals surface area contributed by atoms with Gasteiger partial charge in [0.2, 0.25) is 0 Å². The van der Waals surface area contributed by atoms with Crippen LogP contribution in [-0.2, 0) is 0 Å². The van der Waals surface area contributed by atoms with Crippen molar-refractivity contribution in [3.05, 3.63) is 0 Å². The number of hydrogen-bond acceptors (Lipinski definition) is 0. The zero-order chi connectivity index (χ0) is 11.1. The average molecular weight is 230 g/mol. The molecule has 15 heavy (non-hydrogen) atoms. The molecule has 0 aromatic rings. The van der Waals surface area contributed by atoms with E-state index in [2.05, 4.69) is 20.5 Å². The zero-order valence-electron chi connectivity index (χ0n) is 11.1. The van der Waals surface area contributed by atoms with Gasteiger partial charge in [0.25, 0.3) is 0 Å². The molecule has 0 aromatic carbocycles. The molecule has 92 valence electrons. The minimum absolute atomic E-state index is 0.840. The Morgan fingerprint density at radius 1 is 1.00 bits per heavy atom. The van der Waals surface area contributed by atoms with E-state index in [-0.39, 0.29) is 0 Å². The van der Waals surface area contributed by atoms with Crippen molar-refractivity contribution in [3.63, 3.8) is 0 Å². The average Bonchev–Trinajstić information content (AvgIpc) is 2.44. The molecule has 1 unspecified atom stereocenters. The molecule has 1 heterocycles. The normalized spacial score (nSPS) is 25.5. The molecule has 0 spiro atoms. The van der Waals surface area contributed by atoms with Crippen molar-refractivity contribution >= 4 is 7.26 Å². The van der Waals surface area contributed by atoms with Crippen LogP contribution in [0.25, 0.3) is 0 Å². The summed E-state index contributed by atoms with van der Waals surface area (Å²) in [5, 5.41) is 0. The quantitative estimate of drug-likeness (QED) is 0.465. The maximum atomic E-state index is 2.69. The maximum absolute atomic E-state index is 2.69. The van der Waals surface area contributed by atoms with Crippen LogP contribution in [0.2, 0.25) is 0 Å². The van der Waals surface area contributed by atoms with Crippen LogP contribution in [0.5, 0.6) is 0 Å². The molecular weight excluding hydrogens is 199 g/mol. The van der Waals surface area contributed by atoms with Crippen LogP contribution in [0, 0.1) is 0 Å². The fraction of sp³-hybridized carbons (Fsp3) is 1.00. The van der Waals surface area contributed by atoms with E-state index in [4.69, 9.17) is 0 Å². The van der Waals surface area contributed by atoms with Gasteiger partial charge in [0.15, 0.2) is 0 Å². The van der Waals surface area contributed by atoms with Crippen LogP contribution in [0.3, 0.4) is 0 Å². The van der Waals surface area contributed by atoms with E-state index < -0.39 is 7.26 Å². The third-order valence-electron chi connectivity index (χ3n) is 4.68. The van der Waals surface area contributed by atoms with E-state index >= 15 is 0 Å². The van der Waals surface area contributed by atoms with Gasteiger partial charge in [-0.1, -0.05) is 0 Å². The van der Waals surface area contributed by atoms with Gasteiger partial charge in [-0.3, -0.25) is 0 Å². The van der Waals surface area contributed by atoms with Gasteiger partial charge in [-0.05, 0) is 0 Å². The first-order valence-electron chi connectivity index (χ1n) is 7.19. The molecule has 0 bridgehead atoms. The third kappa shape index (κ3) is 4.43. The second-order valence-corrected chi connectivity index (χ2v) is 11.3. The Morgan fingerprint density at radius 2 is 1.60 bits per heavy atom. The predicted octanol–water partition coefficient (Wildman–Crippen LogP) is 4.91. The number of unbranched alkanes of at least 4 members (excludes halogenated alkanes) is 2. The summed E-state index contributed by atoms with van der Waals surface area (Å²) < 4.78 is 0. The van der Waals surface area contributed by atoms with Crippen molar-refractivity contribution in [2.45, 2.75) is 70.9 Å². The summed E-state index contributed by atoms with van der Waals surface area (Å²) in [4.78, 5) is 0. The minimum atomic E-state index is -0.840. The topological polar surface area (TPSA) is 0 Å². The van der Waals surface area contributed by atoms with Gasteiger partial charge in [-0.25, -0.2) is 0 Å². The molecule has 0 amide bonds. The van der Waals surface area contributed by atoms with Crippen molar-refractivity contribution in [2.75, 3.05) is 19.0 Å². The van der Waals surface area contributed by atoms with Crippen molar-refractivity contribution in [1.29, 1.82) is 0 Å². The first-order chi connectivity index (χ1) is 7.19. The standard InChI is InChI=1S/C14H31P/c1-4-5-8-11-14(2)15(3)12-9-6-7-10-13-15/h14-15H,4-13H2,1-3H3. The summed E-state index contributed by atoms with van der Waals surface area (Å²) in [5.74, 6) is 0. The van der Waals surface area contributed by atoms with E-state index in [9.17, 15) is 0 Å². The summed E-state index contributed by atoms with van der Waals surface area (Å²) in [6.45, 7) is 7.57. The van der Waals surface area contributed by atoms with Crippen LogP contribution in [-0.4, -0.2) is 24.6 Å². The van der Waals surface area contributed by atoms with Gasteiger partial charge in [0.05, 0.1) is 0 Å². The summed E-state index contributed by atoms with van der Waals surface area (Å²) >= 11 is 0. The van der Waals surface area contributed by atoms with E-state index in [1.54, 1.807) is 25.2 Å². The molecule has 0 saturated carbocycles. The molecule has 1 aliphatic rings. The van der Waals surface area contributed by atoms with E-state index in [0.29, 0.717) is 0 Å². The fourth-order valence-corrected chi connectivity index (χ4v) is 7.33. The number of hydrogen-bond donors (Lipinski definition) is 0. The predicted molar refractivity (Wildman–Crippen MR) is 76.0 cm³/mol. The van der Waals surface area contributed by atoms with Gasteiger partial charge in [0.1, 0.15) is 0 Å². The second kappa shape index (κ2) is 6.89. The Morgan fingerprint density at radius 3 is 2.13 bits per heavy atom. The third-order valence-corrected chi connectivity index (χ3v) is 10.3. The van der Waals surface area contributed by atoms with Crippen LogP contribution in [0.1, 0.15) is 65.2 Å². The molecule has 1 atom stereocenters. The molecule has 0 radical (unpaired) electrons. The van der Waals surface area contributed by atoms with Crippen LogP contribution < -0.4 is 0 Å². The SMILES string of the molecule is CCCCCC(C)[PH]1(C)CCCCCC1. The van der Waals surface area contributed by atoms with Gasteiger partial charge in [-0.2, -0.15) is 0 Å². The molecule has 0 nitrogen and oxygen atoms in total. The van der Waals surface area contributed by atoms with Crippen molar-refractivity contribution in [1.82, 2.24) is 0 Å². The van der Waals surface area contributed by atoms with Crippen LogP contribution in [0.4, 0.5) is 0 Å². The summed E-state index contributed by atoms with van der Waals surface area (Å²) in [6.07, 6.45) is 15.2. The van der Waals surface area contributed by atoms with Crippen molar-refractivity contribution in [3.8, 4) is 0 Å². The molecule has 0 aliphatic carbocycles. The molecular formula is C14H31P. The number of rotatable bonds is 5. The molecule has 0 aromatic heterocycles. The first kappa shape index (κ1) is 13.5. The van der Waals surface area contributed by atoms with Crippen LogP contribution in [0.15, 0.2) is 0 Å². The fourth-order valence-electron chi connectivity index (χ4n) is 3.08. The van der Waals surface area contributed by atoms with Gasteiger partial charge < -0.3 is 0 Å². The molecule has 1 saturated heterocycles. The Labute approximate surface area is 97.6 Å². The first-order valence-corrected chi connectivity index (χ1v) is 10.2. The summed E-state index contributed by atoms with van der Waals surface area (Å²) in [6, 6.07) is 0. The van der Waals surface area contributed by atoms with Gasteiger partial charge in [-0.15, -0.1) is 0 Å². The monoisotopic (exact) mass is 230 g/mol. The molecule has 1 fully saturated rings. The van der Waals surface area contributed by atoms with Crippen molar-refractivity contribution < 1.29 is 0 Å². The van der Waals surface area contributed by atoms with Gasteiger partial charge >= 0.3 is 97.1 Å². The van der Waals surface area contributed by atoms with E-state index in [1.807, 2.05) is 0 Å². The van der Waals surface area contributed by atoms with Crippen molar-refractivity contribution in [2.24, 2.45) is 0 Å². The zero-order valence-corrected chi connectivity index (χ0v) is 12.1. The summed E-state index contributed by atoms with van der Waals surface area (Å²) in [5.41, 5.74) is 1.09. The Bertz CT molecular complexity index is 157. The van der Waals surface area contributed by atoms with E-state index in [0.717, 1.165) is 5.66 Å². The molecule has 1 aliphatic heterocycles. The molecule has 1 heteroatoms. The Balaban J connectivity index is 2.36. The second-order valence-electron chi connectivity index (χ2n) is 5.97.